The van der Waals surface area contributed by atoms with Gasteiger partial charge in [0.05, 0.1) is 98.1 Å². The molecule has 0 saturated carbocycles. The third-order valence-corrected chi connectivity index (χ3v) is 17.0. The van der Waals surface area contributed by atoms with E-state index in [1.54, 1.807) is 56.9 Å². The van der Waals surface area contributed by atoms with Crippen LogP contribution in [0.1, 0.15) is 136 Å². The van der Waals surface area contributed by atoms with Crippen LogP contribution in [0.3, 0.4) is 0 Å². The van der Waals surface area contributed by atoms with E-state index >= 15 is 0 Å². The summed E-state index contributed by atoms with van der Waals surface area (Å²) in [4.78, 5) is 20.9. The largest absolute Gasteiger partial charge is 0.497 e. The zero-order chi connectivity index (χ0) is 64.9. The predicted octanol–water partition coefficient (Wildman–Crippen LogP) is 16.6. The van der Waals surface area contributed by atoms with Crippen molar-refractivity contribution >= 4 is 55.5 Å². The maximum Gasteiger partial charge on any atom is 0.155 e. The lowest BCUT2D eigenvalue weighted by Gasteiger charge is -2.16. The molecule has 10 rings (SSSR count). The molecule has 0 saturated heterocycles. The molecule has 10 aromatic rings. The molecule has 484 valence electrons. The number of rotatable bonds is 33. The Balaban J connectivity index is 0.000000217. The first-order valence-electron chi connectivity index (χ1n) is 32.4. The Kier molecular flexibility index (Phi) is 24.1. The molecule has 0 unspecified atom stereocenters. The van der Waals surface area contributed by atoms with Crippen LogP contribution >= 0.6 is 0 Å². The van der Waals surface area contributed by atoms with Crippen molar-refractivity contribution < 1.29 is 37.9 Å². The van der Waals surface area contributed by atoms with Gasteiger partial charge >= 0.3 is 0 Å². The molecule has 0 aliphatic carbocycles. The van der Waals surface area contributed by atoms with E-state index in [4.69, 9.17) is 63.1 Å². The summed E-state index contributed by atoms with van der Waals surface area (Å²) >= 11 is 0. The fraction of sp³-hybridized carbons (Fsp3) is 0.400. The van der Waals surface area contributed by atoms with Crippen LogP contribution in [-0.2, 0) is 51.9 Å². The van der Waals surface area contributed by atoms with Crippen molar-refractivity contribution in [1.82, 2.24) is 29.1 Å². The molecule has 17 heteroatoms. The van der Waals surface area contributed by atoms with Crippen molar-refractivity contribution in [2.45, 2.75) is 143 Å². The number of methoxy groups -OCH3 is 8. The summed E-state index contributed by atoms with van der Waals surface area (Å²) in [6, 6.07) is 39.2. The summed E-state index contributed by atoms with van der Waals surface area (Å²) in [5.41, 5.74) is 12.3. The Morgan fingerprint density at radius 3 is 1.14 bits per heavy atom. The molecule has 0 spiro atoms. The molecule has 0 radical (unpaired) electrons. The van der Waals surface area contributed by atoms with E-state index in [2.05, 4.69) is 95.1 Å². The highest BCUT2D eigenvalue weighted by Crippen LogP contribution is 2.38. The minimum atomic E-state index is 0.498. The number of ether oxygens (including phenoxy) is 8. The molecule has 0 fully saturated rings. The zero-order valence-corrected chi connectivity index (χ0v) is 55.7. The Labute approximate surface area is 542 Å². The maximum atomic E-state index is 8.97. The third-order valence-electron chi connectivity index (χ3n) is 17.0. The van der Waals surface area contributed by atoms with E-state index in [0.717, 1.165) is 200 Å². The molecule has 0 aliphatic heterocycles. The second-order valence-corrected chi connectivity index (χ2v) is 23.0. The number of unbranched alkanes of at least 4 members (excludes halogenated alkanes) is 7. The van der Waals surface area contributed by atoms with Gasteiger partial charge in [0.2, 0.25) is 0 Å². The van der Waals surface area contributed by atoms with Gasteiger partial charge in [-0.15, -0.1) is 0 Å². The maximum absolute atomic E-state index is 8.97. The van der Waals surface area contributed by atoms with Gasteiger partial charge in [-0.1, -0.05) is 77.1 Å². The molecule has 0 bridgehead atoms. The van der Waals surface area contributed by atoms with Crippen LogP contribution in [0.25, 0.3) is 43.9 Å². The molecule has 6 aromatic carbocycles. The average molecular weight is 1250 g/mol. The number of nitrogens with zero attached hydrogens (tertiary/aromatic N) is 7. The van der Waals surface area contributed by atoms with Crippen molar-refractivity contribution in [3.05, 3.63) is 154 Å². The Morgan fingerprint density at radius 1 is 0.391 bits per heavy atom. The summed E-state index contributed by atoms with van der Waals surface area (Å²) in [5, 5.41) is 18.4. The van der Waals surface area contributed by atoms with Gasteiger partial charge < -0.3 is 57.7 Å². The van der Waals surface area contributed by atoms with Crippen LogP contribution in [0.5, 0.6) is 46.0 Å². The first-order valence-corrected chi connectivity index (χ1v) is 32.4. The summed E-state index contributed by atoms with van der Waals surface area (Å²) in [7, 11) is 13.4. The number of benzene rings is 6. The molecule has 2 N–H and O–H groups in total. The highest BCUT2D eigenvalue weighted by Gasteiger charge is 2.24. The normalized spacial score (nSPS) is 11.2. The second kappa shape index (κ2) is 33.1. The van der Waals surface area contributed by atoms with Crippen LogP contribution in [-0.4, -0.2) is 85.9 Å². The van der Waals surface area contributed by atoms with Crippen molar-refractivity contribution in [2.24, 2.45) is 0 Å². The molecule has 4 heterocycles. The monoisotopic (exact) mass is 1250 g/mol. The van der Waals surface area contributed by atoms with Gasteiger partial charge in [0, 0.05) is 89.6 Å². The molecule has 4 aromatic heterocycles. The topological polar surface area (TPSA) is 183 Å². The van der Waals surface area contributed by atoms with Gasteiger partial charge in [0.1, 0.15) is 68.7 Å². The van der Waals surface area contributed by atoms with Gasteiger partial charge in [-0.25, -0.2) is 19.9 Å². The molecule has 0 atom stereocenters. The fourth-order valence-corrected chi connectivity index (χ4v) is 11.9. The van der Waals surface area contributed by atoms with Crippen LogP contribution in [0.2, 0.25) is 0 Å². The minimum absolute atomic E-state index is 0.498. The SMILES string of the molecule is CCCCCCc1ccc2c(c1)nc(NCc1ccc(OC)cc1OC)c1nc(CCCC)n(Cc3ccc(OC)cc3OC)c12.CCCCc1nc2c(NCc3ccc(OC)cc3OC)nc3cc(CCCCC#N)ccc3c2n1Cc1ccc(OC)cc1OC. The average Bonchev–Trinajstić information content (AvgIpc) is 1.57. The third kappa shape index (κ3) is 16.0. The highest BCUT2D eigenvalue weighted by molar-refractivity contribution is 6.08. The number of anilines is 2. The summed E-state index contributed by atoms with van der Waals surface area (Å²) in [6.07, 6.45) is 15.2. The van der Waals surface area contributed by atoms with Gasteiger partial charge in [-0.2, -0.15) is 5.26 Å². The van der Waals surface area contributed by atoms with Crippen molar-refractivity contribution in [3.8, 4) is 52.1 Å². The first-order chi connectivity index (χ1) is 45.0. The fourth-order valence-electron chi connectivity index (χ4n) is 11.9. The lowest BCUT2D eigenvalue weighted by atomic mass is 10.0. The molecular formula is C75H91N9O8. The van der Waals surface area contributed by atoms with Gasteiger partial charge in [0.25, 0.3) is 0 Å². The number of hydrogen-bond donors (Lipinski definition) is 2. The second-order valence-electron chi connectivity index (χ2n) is 23.0. The van der Waals surface area contributed by atoms with E-state index < -0.39 is 0 Å². The number of fused-ring (bicyclic) bond motifs is 6. The number of imidazole rings is 2. The number of nitriles is 1. The quantitative estimate of drug-likeness (QED) is 0.0370. The van der Waals surface area contributed by atoms with E-state index in [0.29, 0.717) is 32.6 Å². The van der Waals surface area contributed by atoms with Crippen LogP contribution in [0.15, 0.2) is 109 Å². The molecule has 0 amide bonds. The van der Waals surface area contributed by atoms with E-state index in [1.807, 2.05) is 60.7 Å². The van der Waals surface area contributed by atoms with Crippen LogP contribution < -0.4 is 48.5 Å². The standard InChI is InChI=1S/C38H48N4O4.C37H43N5O4/c1-7-9-11-12-13-26-15-20-31-32(21-26)40-38(39-24-27-16-18-29(43-3)22-33(27)45-5)36-37(31)42(35(41-36)14-10-8-2)25-28-17-19-30(44-4)23-34(28)46-6;1-6-7-12-34-41-35-36(42(34)24-27-15-17-29(44-3)22-33(27)46-5)30-18-13-25(11-9-8-10-19-38)20-31(30)40-37(35)39-23-26-14-16-28(43-2)21-32(26)45-4/h15-23H,7-14,24-25H2,1-6H3,(H,39,40);13-18,20-22H,6-12,23-24H2,1-5H3,(H,39,40). The lowest BCUT2D eigenvalue weighted by Crippen LogP contribution is -2.08. The Morgan fingerprint density at radius 2 is 0.772 bits per heavy atom. The number of pyridine rings is 2. The van der Waals surface area contributed by atoms with Gasteiger partial charge in [-0.3, -0.25) is 0 Å². The lowest BCUT2D eigenvalue weighted by molar-refractivity contribution is 0.390. The molecule has 0 aliphatic rings. The molecule has 17 nitrogen and oxygen atoms in total. The van der Waals surface area contributed by atoms with E-state index in [9.17, 15) is 0 Å². The summed E-state index contributed by atoms with van der Waals surface area (Å²) in [5.74, 6) is 9.61. The molecule has 92 heavy (non-hydrogen) atoms. The minimum Gasteiger partial charge on any atom is -0.497 e. The van der Waals surface area contributed by atoms with Gasteiger partial charge in [-0.05, 0) is 117 Å². The first kappa shape index (κ1) is 67.0. The Bertz CT molecular complexity index is 4130. The number of aromatic nitrogens is 6. The van der Waals surface area contributed by atoms with Crippen molar-refractivity contribution in [1.29, 1.82) is 5.26 Å². The number of hydrogen-bond acceptors (Lipinski definition) is 15. The smallest absolute Gasteiger partial charge is 0.155 e. The van der Waals surface area contributed by atoms with Crippen molar-refractivity contribution in [3.63, 3.8) is 0 Å². The van der Waals surface area contributed by atoms with E-state index in [1.165, 1.54) is 36.8 Å². The Hall–Kier alpha value is -9.43. The zero-order valence-electron chi connectivity index (χ0n) is 55.7. The van der Waals surface area contributed by atoms with Crippen LogP contribution in [0.4, 0.5) is 11.6 Å². The summed E-state index contributed by atoms with van der Waals surface area (Å²) in [6.45, 7) is 8.90. The van der Waals surface area contributed by atoms with Gasteiger partial charge in [0.15, 0.2) is 11.6 Å². The van der Waals surface area contributed by atoms with Crippen molar-refractivity contribution in [2.75, 3.05) is 67.5 Å². The molecular weight excluding hydrogens is 1150 g/mol. The highest BCUT2D eigenvalue weighted by atomic mass is 16.5. The number of aryl methyl sites for hydroxylation is 4. The van der Waals surface area contributed by atoms with Crippen LogP contribution in [0, 0.1) is 11.3 Å². The summed E-state index contributed by atoms with van der Waals surface area (Å²) < 4.78 is 49.4. The predicted molar refractivity (Wildman–Crippen MR) is 369 cm³/mol. The van der Waals surface area contributed by atoms with E-state index in [-0.39, 0.29) is 0 Å². The number of nitrogens with one attached hydrogen (secondary N) is 2.